The van der Waals surface area contributed by atoms with Gasteiger partial charge in [-0.1, -0.05) is 34.8 Å². The Balaban J connectivity index is 2.16. The van der Waals surface area contributed by atoms with Crippen molar-refractivity contribution in [2.45, 2.75) is 12.5 Å². The van der Waals surface area contributed by atoms with E-state index >= 15 is 0 Å². The molecular formula is C10H11Cl3N2. The van der Waals surface area contributed by atoms with Crippen molar-refractivity contribution in [1.29, 1.82) is 0 Å². The summed E-state index contributed by atoms with van der Waals surface area (Å²) < 4.78 is 0. The predicted octanol–water partition coefficient (Wildman–Crippen LogP) is 3.42. The minimum Gasteiger partial charge on any atom is -0.380 e. The Kier molecular flexibility index (Phi) is 3.62. The number of nitrogens with one attached hydrogen (secondary N) is 2. The van der Waals surface area contributed by atoms with Gasteiger partial charge in [-0.25, -0.2) is 0 Å². The van der Waals surface area contributed by atoms with Crippen LogP contribution in [0.1, 0.15) is 6.42 Å². The summed E-state index contributed by atoms with van der Waals surface area (Å²) in [6.45, 7) is 1.99. The summed E-state index contributed by atoms with van der Waals surface area (Å²) in [7, 11) is 0. The average Bonchev–Trinajstić information content (AvgIpc) is 2.67. The van der Waals surface area contributed by atoms with Crippen molar-refractivity contribution in [2.24, 2.45) is 0 Å². The first-order chi connectivity index (χ1) is 7.16. The fraction of sp³-hybridized carbons (Fsp3) is 0.400. The molecule has 0 aliphatic carbocycles. The van der Waals surface area contributed by atoms with E-state index in [9.17, 15) is 0 Å². The Labute approximate surface area is 104 Å². The molecule has 0 amide bonds. The number of anilines is 1. The van der Waals surface area contributed by atoms with Gasteiger partial charge >= 0.3 is 0 Å². The fourth-order valence-electron chi connectivity index (χ4n) is 1.63. The lowest BCUT2D eigenvalue weighted by Gasteiger charge is -2.14. The Morgan fingerprint density at radius 3 is 2.53 bits per heavy atom. The van der Waals surface area contributed by atoms with Gasteiger partial charge in [0, 0.05) is 12.6 Å². The molecule has 2 nitrogen and oxygen atoms in total. The van der Waals surface area contributed by atoms with E-state index in [0.717, 1.165) is 25.2 Å². The van der Waals surface area contributed by atoms with Crippen LogP contribution in [0.5, 0.6) is 0 Å². The lowest BCUT2D eigenvalue weighted by Crippen LogP contribution is -2.22. The van der Waals surface area contributed by atoms with Gasteiger partial charge in [-0.15, -0.1) is 0 Å². The van der Waals surface area contributed by atoms with Gasteiger partial charge in [0.2, 0.25) is 0 Å². The first-order valence-corrected chi connectivity index (χ1v) is 5.92. The summed E-state index contributed by atoms with van der Waals surface area (Å²) in [5, 5.41) is 8.23. The summed E-state index contributed by atoms with van der Waals surface area (Å²) in [6.07, 6.45) is 1.09. The molecule has 0 aromatic heterocycles. The van der Waals surface area contributed by atoms with E-state index in [4.69, 9.17) is 34.8 Å². The van der Waals surface area contributed by atoms with Crippen LogP contribution in [0.25, 0.3) is 0 Å². The first-order valence-electron chi connectivity index (χ1n) is 4.78. The van der Waals surface area contributed by atoms with E-state index in [2.05, 4.69) is 10.6 Å². The smallest absolute Gasteiger partial charge is 0.0653 e. The molecule has 1 aromatic carbocycles. The molecule has 1 aliphatic rings. The van der Waals surface area contributed by atoms with Crippen LogP contribution in [-0.4, -0.2) is 19.1 Å². The average molecular weight is 266 g/mol. The zero-order valence-corrected chi connectivity index (χ0v) is 10.3. The lowest BCUT2D eigenvalue weighted by atomic mass is 10.2. The number of hydrogen-bond acceptors (Lipinski definition) is 2. The highest BCUT2D eigenvalue weighted by Crippen LogP contribution is 2.32. The third-order valence-corrected chi connectivity index (χ3v) is 3.46. The molecule has 1 atom stereocenters. The highest BCUT2D eigenvalue weighted by molar-refractivity contribution is 6.44. The van der Waals surface area contributed by atoms with Crippen molar-refractivity contribution < 1.29 is 0 Å². The summed E-state index contributed by atoms with van der Waals surface area (Å²) >= 11 is 17.8. The van der Waals surface area contributed by atoms with E-state index < -0.39 is 0 Å². The van der Waals surface area contributed by atoms with Crippen molar-refractivity contribution in [3.05, 3.63) is 27.2 Å². The molecule has 1 saturated heterocycles. The molecule has 0 saturated carbocycles. The van der Waals surface area contributed by atoms with Crippen molar-refractivity contribution in [3.63, 3.8) is 0 Å². The third kappa shape index (κ3) is 2.70. The molecule has 1 unspecified atom stereocenters. The highest BCUT2D eigenvalue weighted by atomic mass is 35.5. The van der Waals surface area contributed by atoms with Crippen LogP contribution >= 0.6 is 34.8 Å². The molecule has 1 fully saturated rings. The van der Waals surface area contributed by atoms with Crippen LogP contribution in [0.4, 0.5) is 5.69 Å². The van der Waals surface area contributed by atoms with Crippen molar-refractivity contribution in [3.8, 4) is 0 Å². The zero-order chi connectivity index (χ0) is 10.8. The summed E-state index contributed by atoms with van der Waals surface area (Å²) in [5.41, 5.74) is 0.847. The summed E-state index contributed by atoms with van der Waals surface area (Å²) in [5.74, 6) is 0. The molecule has 15 heavy (non-hydrogen) atoms. The molecule has 1 aromatic rings. The number of hydrogen-bond donors (Lipinski definition) is 2. The number of rotatable bonds is 2. The lowest BCUT2D eigenvalue weighted by molar-refractivity contribution is 0.793. The summed E-state index contributed by atoms with van der Waals surface area (Å²) in [6, 6.07) is 3.85. The maximum atomic E-state index is 6.05. The van der Waals surface area contributed by atoms with Crippen molar-refractivity contribution in [1.82, 2.24) is 5.32 Å². The molecule has 2 N–H and O–H groups in total. The summed E-state index contributed by atoms with van der Waals surface area (Å²) in [4.78, 5) is 0. The third-order valence-electron chi connectivity index (χ3n) is 2.43. The van der Waals surface area contributed by atoms with Crippen molar-refractivity contribution in [2.75, 3.05) is 18.4 Å². The van der Waals surface area contributed by atoms with Crippen molar-refractivity contribution >= 4 is 40.5 Å². The van der Waals surface area contributed by atoms with Gasteiger partial charge in [0.05, 0.1) is 20.8 Å². The number of halogens is 3. The second-order valence-electron chi connectivity index (χ2n) is 3.58. The molecule has 1 aliphatic heterocycles. The van der Waals surface area contributed by atoms with Gasteiger partial charge in [0.1, 0.15) is 0 Å². The van der Waals surface area contributed by atoms with E-state index in [1.165, 1.54) is 0 Å². The molecule has 5 heteroatoms. The standard InChI is InChI=1S/C10H11Cl3N2/c11-7-3-9(13)10(4-8(7)12)15-6-1-2-14-5-6/h3-4,6,14-15H,1-2,5H2. The van der Waals surface area contributed by atoms with Gasteiger partial charge in [0.25, 0.3) is 0 Å². The quantitative estimate of drug-likeness (QED) is 0.801. The molecule has 0 spiro atoms. The molecule has 0 radical (unpaired) electrons. The fourth-order valence-corrected chi connectivity index (χ4v) is 2.23. The van der Waals surface area contributed by atoms with Gasteiger partial charge in [-0.05, 0) is 25.1 Å². The Hall–Kier alpha value is -0.150. The normalized spacial score (nSPS) is 20.6. The molecule has 0 bridgehead atoms. The van der Waals surface area contributed by atoms with Crippen LogP contribution in [-0.2, 0) is 0 Å². The van der Waals surface area contributed by atoms with E-state index in [1.54, 1.807) is 12.1 Å². The van der Waals surface area contributed by atoms with Gasteiger partial charge in [-0.3, -0.25) is 0 Å². The maximum Gasteiger partial charge on any atom is 0.0653 e. The van der Waals surface area contributed by atoms with Crippen LogP contribution in [0.2, 0.25) is 15.1 Å². The SMILES string of the molecule is Clc1cc(Cl)c(NC2CCNC2)cc1Cl. The minimum absolute atomic E-state index is 0.416. The van der Waals surface area contributed by atoms with E-state index in [-0.39, 0.29) is 0 Å². The molecule has 2 rings (SSSR count). The second-order valence-corrected chi connectivity index (χ2v) is 4.80. The molecule has 1 heterocycles. The van der Waals surface area contributed by atoms with Crippen LogP contribution in [0, 0.1) is 0 Å². The van der Waals surface area contributed by atoms with Gasteiger partial charge in [-0.2, -0.15) is 0 Å². The highest BCUT2D eigenvalue weighted by Gasteiger charge is 2.15. The maximum absolute atomic E-state index is 6.05. The largest absolute Gasteiger partial charge is 0.380 e. The molecule has 82 valence electrons. The Morgan fingerprint density at radius 2 is 1.87 bits per heavy atom. The van der Waals surface area contributed by atoms with Crippen LogP contribution < -0.4 is 10.6 Å². The van der Waals surface area contributed by atoms with Gasteiger partial charge in [0.15, 0.2) is 0 Å². The number of benzene rings is 1. The predicted molar refractivity (Wildman–Crippen MR) is 66.4 cm³/mol. The van der Waals surface area contributed by atoms with Gasteiger partial charge < -0.3 is 10.6 Å². The van der Waals surface area contributed by atoms with Crippen LogP contribution in [0.15, 0.2) is 12.1 Å². The van der Waals surface area contributed by atoms with Crippen LogP contribution in [0.3, 0.4) is 0 Å². The van der Waals surface area contributed by atoms with E-state index in [1.807, 2.05) is 0 Å². The Morgan fingerprint density at radius 1 is 1.13 bits per heavy atom. The monoisotopic (exact) mass is 264 g/mol. The van der Waals surface area contributed by atoms with E-state index in [0.29, 0.717) is 21.1 Å². The first kappa shape index (κ1) is 11.3. The zero-order valence-electron chi connectivity index (χ0n) is 7.99. The minimum atomic E-state index is 0.416. The Bertz CT molecular complexity index is 362. The second kappa shape index (κ2) is 4.79. The topological polar surface area (TPSA) is 24.1 Å². The molecular weight excluding hydrogens is 254 g/mol.